The molecule has 0 fully saturated rings. The highest BCUT2D eigenvalue weighted by Gasteiger charge is 2.05. The lowest BCUT2D eigenvalue weighted by Crippen LogP contribution is -2.06. The lowest BCUT2D eigenvalue weighted by Gasteiger charge is -2.10. The summed E-state index contributed by atoms with van der Waals surface area (Å²) < 4.78 is 20.4. The molecule has 0 bridgehead atoms. The van der Waals surface area contributed by atoms with Crippen LogP contribution in [0, 0.1) is 5.82 Å². The van der Waals surface area contributed by atoms with Crippen LogP contribution in [0.3, 0.4) is 0 Å². The van der Waals surface area contributed by atoms with E-state index in [0.717, 1.165) is 13.0 Å². The smallest absolute Gasteiger partial charge is 0.207 e. The molecule has 0 amide bonds. The van der Waals surface area contributed by atoms with Crippen molar-refractivity contribution in [2.24, 2.45) is 0 Å². The van der Waals surface area contributed by atoms with Gasteiger partial charge in [0.15, 0.2) is 0 Å². The Bertz CT molecular complexity index is 498. The molecule has 0 aliphatic heterocycles. The normalized spacial score (nSPS) is 10.6. The van der Waals surface area contributed by atoms with E-state index in [4.69, 9.17) is 4.74 Å². The molecule has 1 aromatic carbocycles. The molecule has 0 atom stereocenters. The van der Waals surface area contributed by atoms with Gasteiger partial charge in [0.25, 0.3) is 0 Å². The van der Waals surface area contributed by atoms with E-state index in [1.807, 2.05) is 10.8 Å². The zero-order valence-corrected chi connectivity index (χ0v) is 10.3. The highest BCUT2D eigenvalue weighted by atomic mass is 19.1. The van der Waals surface area contributed by atoms with Crippen LogP contribution in [-0.2, 0) is 11.3 Å². The Hall–Kier alpha value is -1.88. The number of rotatable bonds is 6. The SMILES string of the molecule is COCCCn1ccnc1Nc1ccccc1F. The van der Waals surface area contributed by atoms with Crippen LogP contribution in [-0.4, -0.2) is 23.3 Å². The van der Waals surface area contributed by atoms with Gasteiger partial charge in [-0.1, -0.05) is 12.1 Å². The zero-order chi connectivity index (χ0) is 12.8. The van der Waals surface area contributed by atoms with E-state index in [1.165, 1.54) is 6.07 Å². The van der Waals surface area contributed by atoms with E-state index in [0.29, 0.717) is 18.2 Å². The van der Waals surface area contributed by atoms with Crippen LogP contribution < -0.4 is 5.32 Å². The molecule has 2 aromatic rings. The molecule has 1 heterocycles. The number of imidazole rings is 1. The minimum Gasteiger partial charge on any atom is -0.385 e. The monoisotopic (exact) mass is 249 g/mol. The number of nitrogens with one attached hydrogen (secondary N) is 1. The Balaban J connectivity index is 2.05. The standard InChI is InChI=1S/C13H16FN3O/c1-18-10-4-8-17-9-7-15-13(17)16-12-6-3-2-5-11(12)14/h2-3,5-7,9H,4,8,10H2,1H3,(H,15,16). The number of aromatic nitrogens is 2. The van der Waals surface area contributed by atoms with E-state index < -0.39 is 0 Å². The molecule has 0 spiro atoms. The van der Waals surface area contributed by atoms with Crippen LogP contribution in [0.1, 0.15) is 6.42 Å². The molecular weight excluding hydrogens is 233 g/mol. The van der Waals surface area contributed by atoms with Gasteiger partial charge in [-0.2, -0.15) is 0 Å². The minimum atomic E-state index is -0.288. The second kappa shape index (κ2) is 6.16. The molecule has 18 heavy (non-hydrogen) atoms. The van der Waals surface area contributed by atoms with Crippen molar-refractivity contribution in [3.63, 3.8) is 0 Å². The predicted octanol–water partition coefficient (Wildman–Crippen LogP) is 2.80. The Morgan fingerprint density at radius 2 is 2.22 bits per heavy atom. The van der Waals surface area contributed by atoms with Crippen molar-refractivity contribution in [3.05, 3.63) is 42.5 Å². The number of aryl methyl sites for hydroxylation is 1. The topological polar surface area (TPSA) is 39.1 Å². The van der Waals surface area contributed by atoms with E-state index in [-0.39, 0.29) is 5.82 Å². The van der Waals surface area contributed by atoms with Crippen molar-refractivity contribution >= 4 is 11.6 Å². The first kappa shape index (κ1) is 12.6. The third-order valence-electron chi connectivity index (χ3n) is 2.58. The number of hydrogen-bond acceptors (Lipinski definition) is 3. The van der Waals surface area contributed by atoms with Gasteiger partial charge in [-0.25, -0.2) is 9.37 Å². The van der Waals surface area contributed by atoms with Crippen molar-refractivity contribution in [1.82, 2.24) is 9.55 Å². The number of benzene rings is 1. The molecule has 4 nitrogen and oxygen atoms in total. The molecule has 1 N–H and O–H groups in total. The molecule has 0 unspecified atom stereocenters. The van der Waals surface area contributed by atoms with E-state index in [2.05, 4.69) is 10.3 Å². The van der Waals surface area contributed by atoms with Crippen LogP contribution in [0.15, 0.2) is 36.7 Å². The Kier molecular flexibility index (Phi) is 4.30. The average Bonchev–Trinajstić information content (AvgIpc) is 2.80. The van der Waals surface area contributed by atoms with Gasteiger partial charge < -0.3 is 14.6 Å². The van der Waals surface area contributed by atoms with Crippen molar-refractivity contribution < 1.29 is 9.13 Å². The molecule has 1 aromatic heterocycles. The summed E-state index contributed by atoms with van der Waals surface area (Å²) in [5.74, 6) is 0.347. The number of anilines is 2. The van der Waals surface area contributed by atoms with E-state index in [1.54, 1.807) is 31.5 Å². The number of para-hydroxylation sites is 1. The molecule has 96 valence electrons. The molecule has 0 saturated heterocycles. The minimum absolute atomic E-state index is 0.288. The first-order valence-corrected chi connectivity index (χ1v) is 5.83. The van der Waals surface area contributed by atoms with Crippen molar-refractivity contribution in [3.8, 4) is 0 Å². The Morgan fingerprint density at radius 3 is 3.00 bits per heavy atom. The molecule has 0 radical (unpaired) electrons. The van der Waals surface area contributed by atoms with Gasteiger partial charge in [-0.05, 0) is 18.6 Å². The van der Waals surface area contributed by atoms with Crippen molar-refractivity contribution in [1.29, 1.82) is 0 Å². The quantitative estimate of drug-likeness (QED) is 0.800. The fourth-order valence-corrected chi connectivity index (χ4v) is 1.68. The zero-order valence-electron chi connectivity index (χ0n) is 10.3. The molecule has 0 aliphatic rings. The lowest BCUT2D eigenvalue weighted by molar-refractivity contribution is 0.190. The molecular formula is C13H16FN3O. The summed E-state index contributed by atoms with van der Waals surface area (Å²) in [6.45, 7) is 1.47. The maximum absolute atomic E-state index is 13.5. The molecule has 0 saturated carbocycles. The number of halogens is 1. The maximum Gasteiger partial charge on any atom is 0.207 e. The third kappa shape index (κ3) is 3.07. The van der Waals surface area contributed by atoms with Gasteiger partial charge in [0.2, 0.25) is 5.95 Å². The predicted molar refractivity (Wildman–Crippen MR) is 68.4 cm³/mol. The number of hydrogen-bond donors (Lipinski definition) is 1. The van der Waals surface area contributed by atoms with Crippen molar-refractivity contribution in [2.75, 3.05) is 19.0 Å². The summed E-state index contributed by atoms with van der Waals surface area (Å²) >= 11 is 0. The fraction of sp³-hybridized carbons (Fsp3) is 0.308. The van der Waals surface area contributed by atoms with Crippen LogP contribution in [0.4, 0.5) is 16.0 Å². The van der Waals surface area contributed by atoms with Crippen LogP contribution in [0.25, 0.3) is 0 Å². The fourth-order valence-electron chi connectivity index (χ4n) is 1.68. The lowest BCUT2D eigenvalue weighted by atomic mass is 10.3. The van der Waals surface area contributed by atoms with Gasteiger partial charge in [0, 0.05) is 32.7 Å². The molecule has 2 rings (SSSR count). The summed E-state index contributed by atoms with van der Waals surface area (Å²) in [7, 11) is 1.67. The van der Waals surface area contributed by atoms with Gasteiger partial charge in [-0.3, -0.25) is 0 Å². The second-order valence-corrected chi connectivity index (χ2v) is 3.90. The highest BCUT2D eigenvalue weighted by Crippen LogP contribution is 2.18. The number of ether oxygens (including phenoxy) is 1. The van der Waals surface area contributed by atoms with Crippen LogP contribution in [0.2, 0.25) is 0 Å². The maximum atomic E-state index is 13.5. The van der Waals surface area contributed by atoms with E-state index in [9.17, 15) is 4.39 Å². The third-order valence-corrected chi connectivity index (χ3v) is 2.58. The van der Waals surface area contributed by atoms with Crippen LogP contribution in [0.5, 0.6) is 0 Å². The number of methoxy groups -OCH3 is 1. The Morgan fingerprint density at radius 1 is 1.39 bits per heavy atom. The van der Waals surface area contributed by atoms with Gasteiger partial charge in [0.1, 0.15) is 5.82 Å². The van der Waals surface area contributed by atoms with Crippen molar-refractivity contribution in [2.45, 2.75) is 13.0 Å². The summed E-state index contributed by atoms with van der Waals surface area (Å²) in [6, 6.07) is 6.54. The average molecular weight is 249 g/mol. The van der Waals surface area contributed by atoms with Crippen LogP contribution >= 0.6 is 0 Å². The largest absolute Gasteiger partial charge is 0.385 e. The summed E-state index contributed by atoms with van der Waals surface area (Å²) in [5.41, 5.74) is 0.427. The Labute approximate surface area is 105 Å². The summed E-state index contributed by atoms with van der Waals surface area (Å²) in [6.07, 6.45) is 4.44. The van der Waals surface area contributed by atoms with E-state index >= 15 is 0 Å². The van der Waals surface area contributed by atoms with Gasteiger partial charge in [0.05, 0.1) is 5.69 Å². The van der Waals surface area contributed by atoms with Gasteiger partial charge in [-0.15, -0.1) is 0 Å². The first-order chi connectivity index (χ1) is 8.81. The number of nitrogens with zero attached hydrogens (tertiary/aromatic N) is 2. The first-order valence-electron chi connectivity index (χ1n) is 5.83. The molecule has 0 aliphatic carbocycles. The molecule has 5 heteroatoms. The summed E-state index contributed by atoms with van der Waals surface area (Å²) in [4.78, 5) is 4.18. The van der Waals surface area contributed by atoms with Gasteiger partial charge >= 0.3 is 0 Å². The highest BCUT2D eigenvalue weighted by molar-refractivity contribution is 5.54. The summed E-state index contributed by atoms with van der Waals surface area (Å²) in [5, 5.41) is 2.98. The second-order valence-electron chi connectivity index (χ2n) is 3.90.